The molecule has 2 rings (SSSR count). The number of halogens is 1. The van der Waals surface area contributed by atoms with Crippen molar-refractivity contribution in [2.45, 2.75) is 38.6 Å². The molecule has 3 nitrogen and oxygen atoms in total. The van der Waals surface area contributed by atoms with Crippen molar-refractivity contribution in [2.75, 3.05) is 13.2 Å². The zero-order valence-corrected chi connectivity index (χ0v) is 12.2. The standard InChI is InChI=1S/C15H21NO2.ClH/c1-12(17)14-7-2-3-8-15(14)18-11-9-13-6-4-5-10-16-13;/h2-3,7-8,13,16H,4-6,9-11H2,1H3;1H. The number of Topliss-reactive ketones (excluding diaryl/α,β-unsaturated/α-hetero) is 1. The number of hydrogen-bond acceptors (Lipinski definition) is 3. The minimum absolute atomic E-state index is 0. The lowest BCUT2D eigenvalue weighted by atomic mass is 10.0. The average molecular weight is 284 g/mol. The maximum atomic E-state index is 11.4. The molecule has 1 heterocycles. The first-order chi connectivity index (χ1) is 8.77. The van der Waals surface area contributed by atoms with Gasteiger partial charge in [-0.3, -0.25) is 4.79 Å². The summed E-state index contributed by atoms with van der Waals surface area (Å²) in [5.74, 6) is 0.766. The Bertz CT molecular complexity index is 403. The highest BCUT2D eigenvalue weighted by Gasteiger charge is 2.13. The molecule has 0 saturated carbocycles. The van der Waals surface area contributed by atoms with Crippen molar-refractivity contribution in [2.24, 2.45) is 0 Å². The van der Waals surface area contributed by atoms with Gasteiger partial charge in [0.05, 0.1) is 12.2 Å². The van der Waals surface area contributed by atoms with Gasteiger partial charge in [0.2, 0.25) is 0 Å². The van der Waals surface area contributed by atoms with Crippen molar-refractivity contribution in [3.05, 3.63) is 29.8 Å². The summed E-state index contributed by atoms with van der Waals surface area (Å²) in [7, 11) is 0. The van der Waals surface area contributed by atoms with Gasteiger partial charge >= 0.3 is 0 Å². The summed E-state index contributed by atoms with van der Waals surface area (Å²) in [5, 5.41) is 3.50. The number of hydrogen-bond donors (Lipinski definition) is 1. The number of benzene rings is 1. The van der Waals surface area contributed by atoms with Gasteiger partial charge in [-0.1, -0.05) is 18.6 Å². The molecule has 1 N–H and O–H groups in total. The highest BCUT2D eigenvalue weighted by atomic mass is 35.5. The molecule has 1 unspecified atom stereocenters. The second-order valence-electron chi connectivity index (χ2n) is 4.84. The molecule has 1 aliphatic rings. The molecular formula is C15H22ClNO2. The maximum Gasteiger partial charge on any atom is 0.163 e. The van der Waals surface area contributed by atoms with Crippen LogP contribution in [0.25, 0.3) is 0 Å². The summed E-state index contributed by atoms with van der Waals surface area (Å²) >= 11 is 0. The Morgan fingerprint density at radius 3 is 2.84 bits per heavy atom. The summed E-state index contributed by atoms with van der Waals surface area (Å²) in [6.07, 6.45) is 4.83. The molecule has 0 aromatic heterocycles. The first kappa shape index (κ1) is 16.0. The number of ether oxygens (including phenoxy) is 1. The summed E-state index contributed by atoms with van der Waals surface area (Å²) in [6, 6.07) is 8.03. The van der Waals surface area contributed by atoms with Gasteiger partial charge in [0.1, 0.15) is 5.75 Å². The maximum absolute atomic E-state index is 11.4. The lowest BCUT2D eigenvalue weighted by Crippen LogP contribution is -2.35. The predicted molar refractivity (Wildman–Crippen MR) is 79.4 cm³/mol. The van der Waals surface area contributed by atoms with Crippen molar-refractivity contribution in [1.82, 2.24) is 5.32 Å². The topological polar surface area (TPSA) is 38.3 Å². The molecule has 0 aliphatic carbocycles. The molecule has 106 valence electrons. The molecule has 1 fully saturated rings. The minimum atomic E-state index is 0. The minimum Gasteiger partial charge on any atom is -0.493 e. The molecule has 1 aliphatic heterocycles. The Morgan fingerprint density at radius 2 is 2.16 bits per heavy atom. The number of carbonyl (C=O) groups excluding carboxylic acids is 1. The van der Waals surface area contributed by atoms with E-state index in [9.17, 15) is 4.79 Å². The number of carbonyl (C=O) groups is 1. The summed E-state index contributed by atoms with van der Waals surface area (Å²) < 4.78 is 5.74. The van der Waals surface area contributed by atoms with Crippen molar-refractivity contribution in [3.63, 3.8) is 0 Å². The van der Waals surface area contributed by atoms with E-state index in [1.165, 1.54) is 19.3 Å². The quantitative estimate of drug-likeness (QED) is 0.843. The Kier molecular flexibility index (Phi) is 6.89. The smallest absolute Gasteiger partial charge is 0.163 e. The number of rotatable bonds is 5. The zero-order chi connectivity index (χ0) is 12.8. The van der Waals surface area contributed by atoms with Crippen LogP contribution in [0.3, 0.4) is 0 Å². The summed E-state index contributed by atoms with van der Waals surface area (Å²) in [5.41, 5.74) is 0.675. The third-order valence-electron chi connectivity index (χ3n) is 3.40. The van der Waals surface area contributed by atoms with E-state index in [1.54, 1.807) is 6.92 Å². The van der Waals surface area contributed by atoms with Crippen molar-refractivity contribution < 1.29 is 9.53 Å². The molecule has 0 radical (unpaired) electrons. The molecule has 4 heteroatoms. The van der Waals surface area contributed by atoms with Gasteiger partial charge in [0, 0.05) is 6.04 Å². The van der Waals surface area contributed by atoms with E-state index in [2.05, 4.69) is 5.32 Å². The molecule has 1 atom stereocenters. The van der Waals surface area contributed by atoms with E-state index in [1.807, 2.05) is 24.3 Å². The molecule has 1 saturated heterocycles. The van der Waals surface area contributed by atoms with Gasteiger partial charge < -0.3 is 10.1 Å². The lowest BCUT2D eigenvalue weighted by molar-refractivity contribution is 0.101. The first-order valence-electron chi connectivity index (χ1n) is 6.73. The number of nitrogens with one attached hydrogen (secondary N) is 1. The highest BCUT2D eigenvalue weighted by Crippen LogP contribution is 2.19. The van der Waals surface area contributed by atoms with Crippen LogP contribution in [-0.2, 0) is 0 Å². The summed E-state index contributed by atoms with van der Waals surface area (Å²) in [6.45, 7) is 3.36. The Morgan fingerprint density at radius 1 is 1.37 bits per heavy atom. The normalized spacial score (nSPS) is 18.5. The number of para-hydroxylation sites is 1. The third-order valence-corrected chi connectivity index (χ3v) is 3.40. The van der Waals surface area contributed by atoms with Crippen LogP contribution in [0.5, 0.6) is 5.75 Å². The molecular weight excluding hydrogens is 262 g/mol. The van der Waals surface area contributed by atoms with Crippen LogP contribution in [0, 0.1) is 0 Å². The van der Waals surface area contributed by atoms with Crippen LogP contribution < -0.4 is 10.1 Å². The molecule has 1 aromatic carbocycles. The van der Waals surface area contributed by atoms with Gasteiger partial charge in [-0.05, 0) is 44.9 Å². The fourth-order valence-electron chi connectivity index (χ4n) is 2.36. The van der Waals surface area contributed by atoms with Crippen LogP contribution in [-0.4, -0.2) is 25.0 Å². The van der Waals surface area contributed by atoms with E-state index >= 15 is 0 Å². The third kappa shape index (κ3) is 4.84. The second-order valence-corrected chi connectivity index (χ2v) is 4.84. The Balaban J connectivity index is 0.00000180. The van der Waals surface area contributed by atoms with Crippen LogP contribution in [0.1, 0.15) is 43.0 Å². The lowest BCUT2D eigenvalue weighted by Gasteiger charge is -2.23. The van der Waals surface area contributed by atoms with Crippen molar-refractivity contribution in [3.8, 4) is 5.75 Å². The Hall–Kier alpha value is -1.06. The van der Waals surface area contributed by atoms with E-state index in [4.69, 9.17) is 4.74 Å². The largest absolute Gasteiger partial charge is 0.493 e. The molecule has 1 aromatic rings. The molecule has 0 bridgehead atoms. The Labute approximate surface area is 121 Å². The fourth-order valence-corrected chi connectivity index (χ4v) is 2.36. The van der Waals surface area contributed by atoms with Gasteiger partial charge in [0.25, 0.3) is 0 Å². The van der Waals surface area contributed by atoms with E-state index in [0.29, 0.717) is 24.0 Å². The predicted octanol–water partition coefficient (Wildman–Crippen LogP) is 3.22. The number of piperidine rings is 1. The molecule has 0 amide bonds. The monoisotopic (exact) mass is 283 g/mol. The van der Waals surface area contributed by atoms with Crippen molar-refractivity contribution >= 4 is 18.2 Å². The van der Waals surface area contributed by atoms with Crippen LogP contribution >= 0.6 is 12.4 Å². The summed E-state index contributed by atoms with van der Waals surface area (Å²) in [4.78, 5) is 11.4. The van der Waals surface area contributed by atoms with Crippen LogP contribution in [0.15, 0.2) is 24.3 Å². The fraction of sp³-hybridized carbons (Fsp3) is 0.533. The van der Waals surface area contributed by atoms with Crippen molar-refractivity contribution in [1.29, 1.82) is 0 Å². The van der Waals surface area contributed by atoms with Gasteiger partial charge in [-0.25, -0.2) is 0 Å². The van der Waals surface area contributed by atoms with E-state index in [-0.39, 0.29) is 18.2 Å². The second kappa shape index (κ2) is 8.18. The van der Waals surface area contributed by atoms with Gasteiger partial charge in [0.15, 0.2) is 5.78 Å². The van der Waals surface area contributed by atoms with Crippen LogP contribution in [0.4, 0.5) is 0 Å². The highest BCUT2D eigenvalue weighted by molar-refractivity contribution is 5.96. The van der Waals surface area contributed by atoms with Crippen LogP contribution in [0.2, 0.25) is 0 Å². The molecule has 19 heavy (non-hydrogen) atoms. The molecule has 0 spiro atoms. The van der Waals surface area contributed by atoms with E-state index < -0.39 is 0 Å². The van der Waals surface area contributed by atoms with E-state index in [0.717, 1.165) is 13.0 Å². The SMILES string of the molecule is CC(=O)c1ccccc1OCCC1CCCCN1.Cl. The van der Waals surface area contributed by atoms with Gasteiger partial charge in [-0.2, -0.15) is 0 Å². The number of ketones is 1. The zero-order valence-electron chi connectivity index (χ0n) is 11.4. The first-order valence-corrected chi connectivity index (χ1v) is 6.73. The average Bonchev–Trinajstić information content (AvgIpc) is 2.40. The van der Waals surface area contributed by atoms with Gasteiger partial charge in [-0.15, -0.1) is 12.4 Å².